The Kier molecular flexibility index (Phi) is 2.27. The summed E-state index contributed by atoms with van der Waals surface area (Å²) in [7, 11) is 0. The number of benzene rings is 1. The van der Waals surface area contributed by atoms with Crippen molar-refractivity contribution in [2.24, 2.45) is 0 Å². The molecule has 0 spiro atoms. The first kappa shape index (κ1) is 9.59. The Hall–Kier alpha value is -0.960. The second-order valence-electron chi connectivity index (χ2n) is 3.55. The molecule has 1 atom stereocenters. The van der Waals surface area contributed by atoms with Gasteiger partial charge in [0, 0.05) is 12.0 Å². The second kappa shape index (κ2) is 3.31. The zero-order valence-corrected chi connectivity index (χ0v) is 7.97. The van der Waals surface area contributed by atoms with Crippen molar-refractivity contribution in [3.8, 4) is 0 Å². The molecule has 76 valence electrons. The van der Waals surface area contributed by atoms with Crippen molar-refractivity contribution in [2.45, 2.75) is 25.4 Å². The molecule has 0 aromatic heterocycles. The number of fused-ring (bicyclic) bond motifs is 1. The maximum atomic E-state index is 13.6. The van der Waals surface area contributed by atoms with Crippen molar-refractivity contribution in [1.82, 2.24) is 0 Å². The Morgan fingerprint density at radius 3 is 2.86 bits per heavy atom. The summed E-state index contributed by atoms with van der Waals surface area (Å²) < 4.78 is 32.4. The number of rotatable bonds is 0. The summed E-state index contributed by atoms with van der Waals surface area (Å²) in [6.07, 6.45) is -0.464. The topological polar surface area (TPSA) is 9.23 Å². The molecule has 0 saturated carbocycles. The van der Waals surface area contributed by atoms with Gasteiger partial charge in [-0.25, -0.2) is 8.78 Å². The van der Waals surface area contributed by atoms with Crippen LogP contribution in [0.25, 0.3) is 0 Å². The van der Waals surface area contributed by atoms with Gasteiger partial charge < -0.3 is 4.74 Å². The first-order chi connectivity index (χ1) is 6.61. The lowest BCUT2D eigenvalue weighted by molar-refractivity contribution is -0.0351. The van der Waals surface area contributed by atoms with Gasteiger partial charge in [0.05, 0.1) is 12.7 Å². The van der Waals surface area contributed by atoms with E-state index in [9.17, 15) is 8.78 Å². The van der Waals surface area contributed by atoms with Crippen molar-refractivity contribution in [1.29, 1.82) is 0 Å². The van der Waals surface area contributed by atoms with Crippen molar-refractivity contribution in [3.05, 3.63) is 35.4 Å². The van der Waals surface area contributed by atoms with Gasteiger partial charge in [0.25, 0.3) is 5.92 Å². The lowest BCUT2D eigenvalue weighted by atomic mass is 9.98. The molecule has 3 heteroatoms. The van der Waals surface area contributed by atoms with Crippen LogP contribution in [0.4, 0.5) is 8.78 Å². The molecule has 0 radical (unpaired) electrons. The third-order valence-corrected chi connectivity index (χ3v) is 2.58. The fourth-order valence-corrected chi connectivity index (χ4v) is 1.77. The van der Waals surface area contributed by atoms with Crippen molar-refractivity contribution in [3.63, 3.8) is 0 Å². The SMILES string of the molecule is CC1OCCC(F)(F)c2ccccc21. The van der Waals surface area contributed by atoms with E-state index in [4.69, 9.17) is 4.74 Å². The van der Waals surface area contributed by atoms with E-state index in [1.54, 1.807) is 25.1 Å². The minimum Gasteiger partial charge on any atom is -0.374 e. The first-order valence-corrected chi connectivity index (χ1v) is 4.70. The van der Waals surface area contributed by atoms with E-state index in [1.165, 1.54) is 6.07 Å². The molecule has 0 amide bonds. The maximum Gasteiger partial charge on any atom is 0.275 e. The Morgan fingerprint density at radius 1 is 1.36 bits per heavy atom. The van der Waals surface area contributed by atoms with Crippen LogP contribution in [0.2, 0.25) is 0 Å². The van der Waals surface area contributed by atoms with Gasteiger partial charge in [-0.05, 0) is 12.5 Å². The number of hydrogen-bond acceptors (Lipinski definition) is 1. The average molecular weight is 198 g/mol. The van der Waals surface area contributed by atoms with Crippen LogP contribution in [0.15, 0.2) is 24.3 Å². The van der Waals surface area contributed by atoms with E-state index >= 15 is 0 Å². The highest BCUT2D eigenvalue weighted by molar-refractivity contribution is 5.33. The number of alkyl halides is 2. The van der Waals surface area contributed by atoms with Crippen LogP contribution < -0.4 is 0 Å². The van der Waals surface area contributed by atoms with Crippen molar-refractivity contribution < 1.29 is 13.5 Å². The van der Waals surface area contributed by atoms with E-state index < -0.39 is 5.92 Å². The molecule has 0 aliphatic carbocycles. The summed E-state index contributed by atoms with van der Waals surface area (Å²) in [4.78, 5) is 0. The van der Waals surface area contributed by atoms with E-state index in [0.717, 1.165) is 0 Å². The summed E-state index contributed by atoms with van der Waals surface area (Å²) in [5, 5.41) is 0. The normalized spacial score (nSPS) is 25.2. The predicted octanol–water partition coefficient (Wildman–Crippen LogP) is 3.26. The summed E-state index contributed by atoms with van der Waals surface area (Å²) in [6, 6.07) is 6.60. The summed E-state index contributed by atoms with van der Waals surface area (Å²) in [5.74, 6) is -2.75. The summed E-state index contributed by atoms with van der Waals surface area (Å²) >= 11 is 0. The Bertz CT molecular complexity index is 336. The largest absolute Gasteiger partial charge is 0.374 e. The van der Waals surface area contributed by atoms with E-state index in [2.05, 4.69) is 0 Å². The zero-order chi connectivity index (χ0) is 10.2. The molecule has 14 heavy (non-hydrogen) atoms. The lowest BCUT2D eigenvalue weighted by Gasteiger charge is -2.16. The van der Waals surface area contributed by atoms with Gasteiger partial charge in [0.15, 0.2) is 0 Å². The number of ether oxygens (including phenoxy) is 1. The molecule has 1 aromatic carbocycles. The molecule has 1 aromatic rings. The quantitative estimate of drug-likeness (QED) is 0.621. The Morgan fingerprint density at radius 2 is 2.07 bits per heavy atom. The highest BCUT2D eigenvalue weighted by atomic mass is 19.3. The summed E-state index contributed by atoms with van der Waals surface area (Å²) in [5.41, 5.74) is 0.722. The van der Waals surface area contributed by atoms with Crippen molar-refractivity contribution >= 4 is 0 Å². The highest BCUT2D eigenvalue weighted by Gasteiger charge is 2.36. The average Bonchev–Trinajstić information content (AvgIpc) is 2.27. The van der Waals surface area contributed by atoms with E-state index in [1.807, 2.05) is 0 Å². The van der Waals surface area contributed by atoms with Gasteiger partial charge in [-0.1, -0.05) is 24.3 Å². The third kappa shape index (κ3) is 1.52. The third-order valence-electron chi connectivity index (χ3n) is 2.58. The molecule has 1 nitrogen and oxygen atoms in total. The molecule has 0 bridgehead atoms. The molecular weight excluding hydrogens is 186 g/mol. The van der Waals surface area contributed by atoms with Crippen LogP contribution in [-0.4, -0.2) is 6.61 Å². The van der Waals surface area contributed by atoms with Crippen LogP contribution in [0.5, 0.6) is 0 Å². The standard InChI is InChI=1S/C11H12F2O/c1-8-9-4-2-3-5-10(9)11(12,13)6-7-14-8/h2-5,8H,6-7H2,1H3. The molecule has 1 aliphatic rings. The van der Waals surface area contributed by atoms with Gasteiger partial charge in [-0.15, -0.1) is 0 Å². The van der Waals surface area contributed by atoms with E-state index in [0.29, 0.717) is 5.56 Å². The highest BCUT2D eigenvalue weighted by Crippen LogP contribution is 2.39. The van der Waals surface area contributed by atoms with Crippen LogP contribution in [0, 0.1) is 0 Å². The number of halogens is 2. The van der Waals surface area contributed by atoms with Gasteiger partial charge in [-0.2, -0.15) is 0 Å². The molecule has 1 heterocycles. The molecule has 0 N–H and O–H groups in total. The molecular formula is C11H12F2O. The maximum absolute atomic E-state index is 13.6. The van der Waals surface area contributed by atoms with Gasteiger partial charge in [-0.3, -0.25) is 0 Å². The first-order valence-electron chi connectivity index (χ1n) is 4.70. The predicted molar refractivity (Wildman–Crippen MR) is 49.3 cm³/mol. The van der Waals surface area contributed by atoms with Crippen LogP contribution >= 0.6 is 0 Å². The van der Waals surface area contributed by atoms with Crippen LogP contribution in [-0.2, 0) is 10.7 Å². The second-order valence-corrected chi connectivity index (χ2v) is 3.55. The Labute approximate surface area is 81.7 Å². The van der Waals surface area contributed by atoms with Crippen LogP contribution in [0.1, 0.15) is 30.6 Å². The monoisotopic (exact) mass is 198 g/mol. The van der Waals surface area contributed by atoms with Gasteiger partial charge in [0.2, 0.25) is 0 Å². The fourth-order valence-electron chi connectivity index (χ4n) is 1.77. The van der Waals surface area contributed by atoms with Gasteiger partial charge >= 0.3 is 0 Å². The van der Waals surface area contributed by atoms with Gasteiger partial charge in [0.1, 0.15) is 0 Å². The summed E-state index contributed by atoms with van der Waals surface area (Å²) in [6.45, 7) is 1.92. The molecule has 2 rings (SSSR count). The Balaban J connectivity index is 2.53. The smallest absolute Gasteiger partial charge is 0.275 e. The minimum absolute atomic E-state index is 0.114. The molecule has 1 unspecified atom stereocenters. The zero-order valence-electron chi connectivity index (χ0n) is 7.97. The number of hydrogen-bond donors (Lipinski definition) is 0. The van der Waals surface area contributed by atoms with Crippen LogP contribution in [0.3, 0.4) is 0 Å². The fraction of sp³-hybridized carbons (Fsp3) is 0.455. The molecule has 0 fully saturated rings. The molecule has 1 aliphatic heterocycles. The molecule has 0 saturated heterocycles. The van der Waals surface area contributed by atoms with E-state index in [-0.39, 0.29) is 24.7 Å². The van der Waals surface area contributed by atoms with Crippen molar-refractivity contribution in [2.75, 3.05) is 6.61 Å². The lowest BCUT2D eigenvalue weighted by Crippen LogP contribution is -2.14. The minimum atomic E-state index is -2.75.